The van der Waals surface area contributed by atoms with Crippen LogP contribution in [0, 0.1) is 0 Å². The molecule has 5 heteroatoms. The van der Waals surface area contributed by atoms with E-state index in [1.807, 2.05) is 18.2 Å². The van der Waals surface area contributed by atoms with Gasteiger partial charge in [0, 0.05) is 31.3 Å². The van der Waals surface area contributed by atoms with Crippen molar-refractivity contribution in [2.75, 3.05) is 41.0 Å². The number of methoxy groups -OCH3 is 2. The van der Waals surface area contributed by atoms with Gasteiger partial charge in [0.05, 0.1) is 20.3 Å². The van der Waals surface area contributed by atoms with E-state index >= 15 is 0 Å². The number of hydrogen-bond acceptors (Lipinski definition) is 5. The Balaban J connectivity index is 1.99. The second-order valence-electron chi connectivity index (χ2n) is 5.57. The van der Waals surface area contributed by atoms with Gasteiger partial charge in [-0.25, -0.2) is 0 Å². The Morgan fingerprint density at radius 3 is 2.81 bits per heavy atom. The normalized spacial score (nSPS) is 19.8. The van der Waals surface area contributed by atoms with E-state index < -0.39 is 0 Å². The van der Waals surface area contributed by atoms with Crippen molar-refractivity contribution in [3.63, 3.8) is 0 Å². The Morgan fingerprint density at radius 1 is 1.38 bits per heavy atom. The van der Waals surface area contributed by atoms with Crippen molar-refractivity contribution >= 4 is 0 Å². The third kappa shape index (κ3) is 4.33. The molecule has 1 aliphatic rings. The monoisotopic (exact) mass is 294 g/mol. The van der Waals surface area contributed by atoms with E-state index in [1.54, 1.807) is 14.2 Å². The molecule has 2 unspecified atom stereocenters. The quantitative estimate of drug-likeness (QED) is 0.831. The lowest BCUT2D eigenvalue weighted by Gasteiger charge is -2.25. The maximum absolute atomic E-state index is 6.35. The summed E-state index contributed by atoms with van der Waals surface area (Å²) in [6.45, 7) is 2.55. The molecular weight excluding hydrogens is 268 g/mol. The van der Waals surface area contributed by atoms with E-state index in [4.69, 9.17) is 19.9 Å². The summed E-state index contributed by atoms with van der Waals surface area (Å²) in [5, 5.41) is 0. The summed E-state index contributed by atoms with van der Waals surface area (Å²) < 4.78 is 16.3. The third-order valence-corrected chi connectivity index (χ3v) is 3.88. The van der Waals surface area contributed by atoms with Crippen molar-refractivity contribution in [1.29, 1.82) is 0 Å². The molecule has 1 heterocycles. The minimum absolute atomic E-state index is 0.124. The van der Waals surface area contributed by atoms with E-state index in [-0.39, 0.29) is 6.04 Å². The second-order valence-corrected chi connectivity index (χ2v) is 5.57. The van der Waals surface area contributed by atoms with Crippen LogP contribution in [0.15, 0.2) is 18.2 Å². The molecule has 0 saturated carbocycles. The molecule has 0 bridgehead atoms. The van der Waals surface area contributed by atoms with Gasteiger partial charge in [-0.3, -0.25) is 0 Å². The average Bonchev–Trinajstić information content (AvgIpc) is 2.99. The highest BCUT2D eigenvalue weighted by atomic mass is 16.5. The number of nitrogens with zero attached hydrogens (tertiary/aromatic N) is 1. The SMILES string of the molecule is COc1ccc(OC)c(C(N)CN(C)CC2CCCO2)c1. The van der Waals surface area contributed by atoms with E-state index in [0.29, 0.717) is 6.10 Å². The molecule has 118 valence electrons. The first-order valence-electron chi connectivity index (χ1n) is 7.41. The van der Waals surface area contributed by atoms with Crippen LogP contribution >= 0.6 is 0 Å². The van der Waals surface area contributed by atoms with Gasteiger partial charge in [-0.05, 0) is 38.1 Å². The van der Waals surface area contributed by atoms with Crippen LogP contribution < -0.4 is 15.2 Å². The Kier molecular flexibility index (Phi) is 5.85. The van der Waals surface area contributed by atoms with Crippen LogP contribution in [0.4, 0.5) is 0 Å². The van der Waals surface area contributed by atoms with Crippen molar-refractivity contribution in [3.8, 4) is 11.5 Å². The van der Waals surface area contributed by atoms with Crippen molar-refractivity contribution in [2.24, 2.45) is 5.73 Å². The van der Waals surface area contributed by atoms with Gasteiger partial charge in [-0.15, -0.1) is 0 Å². The summed E-state index contributed by atoms with van der Waals surface area (Å²) in [4.78, 5) is 2.22. The number of ether oxygens (including phenoxy) is 3. The summed E-state index contributed by atoms with van der Waals surface area (Å²) in [5.74, 6) is 1.59. The van der Waals surface area contributed by atoms with Gasteiger partial charge < -0.3 is 24.8 Å². The van der Waals surface area contributed by atoms with Crippen LogP contribution in [0.5, 0.6) is 11.5 Å². The molecule has 21 heavy (non-hydrogen) atoms. The highest BCUT2D eigenvalue weighted by Crippen LogP contribution is 2.28. The fourth-order valence-electron chi connectivity index (χ4n) is 2.77. The number of hydrogen-bond donors (Lipinski definition) is 1. The zero-order valence-corrected chi connectivity index (χ0v) is 13.2. The lowest BCUT2D eigenvalue weighted by atomic mass is 10.1. The summed E-state index contributed by atoms with van der Waals surface area (Å²) in [5.41, 5.74) is 7.32. The van der Waals surface area contributed by atoms with E-state index in [9.17, 15) is 0 Å². The number of nitrogens with two attached hydrogens (primary N) is 1. The molecule has 1 aliphatic heterocycles. The van der Waals surface area contributed by atoms with Crippen LogP contribution in [-0.2, 0) is 4.74 Å². The van der Waals surface area contributed by atoms with E-state index in [2.05, 4.69) is 11.9 Å². The van der Waals surface area contributed by atoms with Crippen LogP contribution in [0.3, 0.4) is 0 Å². The molecule has 2 N–H and O–H groups in total. The molecule has 2 atom stereocenters. The Labute approximate surface area is 127 Å². The van der Waals surface area contributed by atoms with Gasteiger partial charge in [0.1, 0.15) is 11.5 Å². The largest absolute Gasteiger partial charge is 0.497 e. The van der Waals surface area contributed by atoms with E-state index in [0.717, 1.165) is 49.6 Å². The Bertz CT molecular complexity index is 447. The number of rotatable bonds is 7. The zero-order chi connectivity index (χ0) is 15.2. The fourth-order valence-corrected chi connectivity index (χ4v) is 2.77. The molecule has 0 aromatic heterocycles. The molecule has 1 saturated heterocycles. The average molecular weight is 294 g/mol. The van der Waals surface area contributed by atoms with Crippen molar-refractivity contribution < 1.29 is 14.2 Å². The summed E-state index contributed by atoms with van der Waals surface area (Å²) >= 11 is 0. The maximum Gasteiger partial charge on any atom is 0.123 e. The minimum Gasteiger partial charge on any atom is -0.497 e. The number of benzene rings is 1. The third-order valence-electron chi connectivity index (χ3n) is 3.88. The van der Waals surface area contributed by atoms with Gasteiger partial charge in [0.15, 0.2) is 0 Å². The second kappa shape index (κ2) is 7.64. The fraction of sp³-hybridized carbons (Fsp3) is 0.625. The molecule has 0 radical (unpaired) electrons. The first kappa shape index (κ1) is 16.1. The Morgan fingerprint density at radius 2 is 2.19 bits per heavy atom. The van der Waals surface area contributed by atoms with Crippen LogP contribution in [0.2, 0.25) is 0 Å². The molecule has 0 amide bonds. The van der Waals surface area contributed by atoms with Crippen LogP contribution in [-0.4, -0.2) is 52.0 Å². The first-order valence-corrected chi connectivity index (χ1v) is 7.41. The smallest absolute Gasteiger partial charge is 0.123 e. The molecule has 5 nitrogen and oxygen atoms in total. The predicted octanol–water partition coefficient (Wildman–Crippen LogP) is 1.81. The summed E-state index contributed by atoms with van der Waals surface area (Å²) in [6.07, 6.45) is 2.64. The highest BCUT2D eigenvalue weighted by Gasteiger charge is 2.20. The lowest BCUT2D eigenvalue weighted by molar-refractivity contribution is 0.0795. The minimum atomic E-state index is -0.124. The standard InChI is InChI=1S/C16H26N2O3/c1-18(10-13-5-4-8-21-13)11-15(17)14-9-12(19-2)6-7-16(14)20-3/h6-7,9,13,15H,4-5,8,10-11,17H2,1-3H3. The van der Waals surface area contributed by atoms with Gasteiger partial charge in [0.2, 0.25) is 0 Å². The summed E-state index contributed by atoms with van der Waals surface area (Å²) in [6, 6.07) is 5.60. The molecule has 2 rings (SSSR count). The van der Waals surface area contributed by atoms with Gasteiger partial charge >= 0.3 is 0 Å². The maximum atomic E-state index is 6.35. The molecule has 0 aliphatic carbocycles. The van der Waals surface area contributed by atoms with Crippen LogP contribution in [0.1, 0.15) is 24.4 Å². The first-order chi connectivity index (χ1) is 10.1. The van der Waals surface area contributed by atoms with Crippen molar-refractivity contribution in [1.82, 2.24) is 4.90 Å². The topological polar surface area (TPSA) is 57.0 Å². The highest BCUT2D eigenvalue weighted by molar-refractivity contribution is 5.42. The molecule has 1 aromatic rings. The molecule has 1 fully saturated rings. The molecular formula is C16H26N2O3. The van der Waals surface area contributed by atoms with Gasteiger partial charge in [0.25, 0.3) is 0 Å². The number of likely N-dealkylation sites (N-methyl/N-ethyl adjacent to an activating group) is 1. The zero-order valence-electron chi connectivity index (χ0n) is 13.2. The molecule has 0 spiro atoms. The predicted molar refractivity (Wildman–Crippen MR) is 82.9 cm³/mol. The van der Waals surface area contributed by atoms with Gasteiger partial charge in [-0.1, -0.05) is 0 Å². The Hall–Kier alpha value is -1.30. The van der Waals surface area contributed by atoms with Crippen LogP contribution in [0.25, 0.3) is 0 Å². The van der Waals surface area contributed by atoms with Crippen molar-refractivity contribution in [3.05, 3.63) is 23.8 Å². The molecule has 1 aromatic carbocycles. The van der Waals surface area contributed by atoms with Crippen molar-refractivity contribution in [2.45, 2.75) is 25.0 Å². The van der Waals surface area contributed by atoms with Gasteiger partial charge in [-0.2, -0.15) is 0 Å². The lowest BCUT2D eigenvalue weighted by Crippen LogP contribution is -2.34. The summed E-state index contributed by atoms with van der Waals surface area (Å²) in [7, 11) is 5.39. The van der Waals surface area contributed by atoms with E-state index in [1.165, 1.54) is 0 Å².